The summed E-state index contributed by atoms with van der Waals surface area (Å²) in [6.45, 7) is 1.83. The van der Waals surface area contributed by atoms with Gasteiger partial charge in [0.05, 0.1) is 18.3 Å². The normalized spacial score (nSPS) is 33.4. The highest BCUT2D eigenvalue weighted by Gasteiger charge is 2.38. The van der Waals surface area contributed by atoms with Crippen molar-refractivity contribution < 1.29 is 14.9 Å². The molecular formula is C14H20O3. The van der Waals surface area contributed by atoms with Gasteiger partial charge < -0.3 is 14.9 Å². The Morgan fingerprint density at radius 3 is 2.00 bits per heavy atom. The van der Waals surface area contributed by atoms with Crippen LogP contribution in [-0.4, -0.2) is 22.9 Å². The fourth-order valence-electron chi connectivity index (χ4n) is 2.39. The van der Waals surface area contributed by atoms with Crippen molar-refractivity contribution in [1.29, 1.82) is 0 Å². The second-order valence-electron chi connectivity index (χ2n) is 5.26. The molecule has 1 saturated carbocycles. The molecule has 0 bridgehead atoms. The zero-order valence-corrected chi connectivity index (χ0v) is 10.4. The average Bonchev–Trinajstić information content (AvgIpc) is 2.34. The summed E-state index contributed by atoms with van der Waals surface area (Å²) in [6.07, 6.45) is 2.48. The zero-order valence-electron chi connectivity index (χ0n) is 10.4. The molecule has 0 radical (unpaired) electrons. The molecule has 0 saturated heterocycles. The molecule has 1 aliphatic carbocycles. The largest absolute Gasteiger partial charge is 0.497 e. The monoisotopic (exact) mass is 236 g/mol. The lowest BCUT2D eigenvalue weighted by Gasteiger charge is -2.39. The van der Waals surface area contributed by atoms with E-state index in [1.165, 1.54) is 0 Å². The Labute approximate surface area is 102 Å². The lowest BCUT2D eigenvalue weighted by Crippen LogP contribution is -2.39. The molecule has 0 aromatic heterocycles. The van der Waals surface area contributed by atoms with Gasteiger partial charge in [0.1, 0.15) is 5.75 Å². The van der Waals surface area contributed by atoms with Gasteiger partial charge >= 0.3 is 0 Å². The van der Waals surface area contributed by atoms with Gasteiger partial charge in [0.25, 0.3) is 0 Å². The summed E-state index contributed by atoms with van der Waals surface area (Å²) in [5, 5.41) is 20.5. The molecular weight excluding hydrogens is 216 g/mol. The van der Waals surface area contributed by atoms with Crippen LogP contribution in [0.3, 0.4) is 0 Å². The minimum atomic E-state index is -0.797. The first kappa shape index (κ1) is 12.4. The maximum atomic E-state index is 10.6. The highest BCUT2D eigenvalue weighted by atomic mass is 16.5. The van der Waals surface area contributed by atoms with Crippen LogP contribution in [0, 0.1) is 0 Å². The molecule has 0 unspecified atom stereocenters. The maximum absolute atomic E-state index is 10.6. The first-order valence-electron chi connectivity index (χ1n) is 6.05. The van der Waals surface area contributed by atoms with Crippen molar-refractivity contribution in [2.75, 3.05) is 7.11 Å². The molecule has 2 N–H and O–H groups in total. The van der Waals surface area contributed by atoms with Gasteiger partial charge in [-0.2, -0.15) is 0 Å². The Balaban J connectivity index is 2.15. The quantitative estimate of drug-likeness (QED) is 0.827. The molecule has 3 heteroatoms. The van der Waals surface area contributed by atoms with Gasteiger partial charge in [-0.15, -0.1) is 0 Å². The summed E-state index contributed by atoms with van der Waals surface area (Å²) in [7, 11) is 1.63. The van der Waals surface area contributed by atoms with E-state index in [0.717, 1.165) is 11.3 Å². The van der Waals surface area contributed by atoms with Crippen molar-refractivity contribution in [3.8, 4) is 5.75 Å². The number of aliphatic hydroxyl groups is 2. The van der Waals surface area contributed by atoms with Gasteiger partial charge in [0.2, 0.25) is 0 Å². The van der Waals surface area contributed by atoms with Crippen LogP contribution in [0.25, 0.3) is 0 Å². The van der Waals surface area contributed by atoms with E-state index in [2.05, 4.69) is 0 Å². The van der Waals surface area contributed by atoms with E-state index in [0.29, 0.717) is 25.7 Å². The summed E-state index contributed by atoms with van der Waals surface area (Å²) >= 11 is 0. The van der Waals surface area contributed by atoms with Gasteiger partial charge in [-0.25, -0.2) is 0 Å². The van der Waals surface area contributed by atoms with Crippen LogP contribution < -0.4 is 4.74 Å². The number of ether oxygens (including phenoxy) is 1. The van der Waals surface area contributed by atoms with Gasteiger partial charge in [0, 0.05) is 0 Å². The van der Waals surface area contributed by atoms with Gasteiger partial charge in [-0.05, 0) is 50.3 Å². The topological polar surface area (TPSA) is 49.7 Å². The molecule has 0 aliphatic heterocycles. The molecule has 1 fully saturated rings. The predicted octanol–water partition coefficient (Wildman–Crippen LogP) is 2.21. The number of methoxy groups -OCH3 is 1. The molecule has 0 spiro atoms. The number of rotatable bonds is 2. The third-order valence-corrected chi connectivity index (χ3v) is 3.78. The summed E-state index contributed by atoms with van der Waals surface area (Å²) in [5.74, 6) is 0.792. The Kier molecular flexibility index (Phi) is 3.15. The van der Waals surface area contributed by atoms with Crippen LogP contribution in [0.5, 0.6) is 5.75 Å². The number of hydrogen-bond donors (Lipinski definition) is 2. The lowest BCUT2D eigenvalue weighted by atomic mass is 9.74. The van der Waals surface area contributed by atoms with Gasteiger partial charge in [-0.1, -0.05) is 12.1 Å². The van der Waals surface area contributed by atoms with Crippen LogP contribution in [0.2, 0.25) is 0 Å². The molecule has 3 nitrogen and oxygen atoms in total. The van der Waals surface area contributed by atoms with E-state index in [1.807, 2.05) is 31.2 Å². The fourth-order valence-corrected chi connectivity index (χ4v) is 2.39. The zero-order chi connectivity index (χ0) is 12.5. The molecule has 17 heavy (non-hydrogen) atoms. The van der Waals surface area contributed by atoms with Crippen molar-refractivity contribution in [3.63, 3.8) is 0 Å². The van der Waals surface area contributed by atoms with Crippen molar-refractivity contribution >= 4 is 0 Å². The van der Waals surface area contributed by atoms with E-state index in [1.54, 1.807) is 7.11 Å². The van der Waals surface area contributed by atoms with Crippen LogP contribution in [0.1, 0.15) is 38.2 Å². The smallest absolute Gasteiger partial charge is 0.118 e. The van der Waals surface area contributed by atoms with E-state index in [9.17, 15) is 10.2 Å². The third-order valence-electron chi connectivity index (χ3n) is 3.78. The molecule has 1 aromatic carbocycles. The molecule has 1 aromatic rings. The second kappa shape index (κ2) is 4.31. The van der Waals surface area contributed by atoms with Crippen LogP contribution in [0.15, 0.2) is 24.3 Å². The number of hydrogen-bond acceptors (Lipinski definition) is 3. The Bertz CT molecular complexity index is 371. The van der Waals surface area contributed by atoms with E-state index in [-0.39, 0.29) is 0 Å². The fraction of sp³-hybridized carbons (Fsp3) is 0.571. The van der Waals surface area contributed by atoms with Gasteiger partial charge in [-0.3, -0.25) is 0 Å². The molecule has 1 aliphatic rings. The summed E-state index contributed by atoms with van der Waals surface area (Å²) in [5.41, 5.74) is -0.512. The highest BCUT2D eigenvalue weighted by molar-refractivity contribution is 5.31. The van der Waals surface area contributed by atoms with Crippen LogP contribution >= 0.6 is 0 Å². The molecule has 2 rings (SSSR count). The highest BCUT2D eigenvalue weighted by Crippen LogP contribution is 2.41. The standard InChI is InChI=1S/C14H20O3/c1-13(15)7-9-14(16,10-8-13)11-3-5-12(17-2)6-4-11/h3-6,15-16H,7-10H2,1-2H3. The Hall–Kier alpha value is -1.06. The lowest BCUT2D eigenvalue weighted by molar-refractivity contribution is -0.0758. The van der Waals surface area contributed by atoms with Crippen LogP contribution in [-0.2, 0) is 5.60 Å². The summed E-state index contributed by atoms with van der Waals surface area (Å²) < 4.78 is 5.10. The van der Waals surface area contributed by atoms with E-state index >= 15 is 0 Å². The van der Waals surface area contributed by atoms with Crippen molar-refractivity contribution in [1.82, 2.24) is 0 Å². The van der Waals surface area contributed by atoms with Crippen LogP contribution in [0.4, 0.5) is 0 Å². The van der Waals surface area contributed by atoms with Gasteiger partial charge in [0.15, 0.2) is 0 Å². The second-order valence-corrected chi connectivity index (χ2v) is 5.26. The van der Waals surface area contributed by atoms with E-state index < -0.39 is 11.2 Å². The first-order chi connectivity index (χ1) is 7.95. The SMILES string of the molecule is COc1ccc(C2(O)CCC(C)(O)CC2)cc1. The predicted molar refractivity (Wildman–Crippen MR) is 66.0 cm³/mol. The Morgan fingerprint density at radius 2 is 1.53 bits per heavy atom. The summed E-state index contributed by atoms with van der Waals surface area (Å²) in [4.78, 5) is 0. The number of benzene rings is 1. The molecule has 94 valence electrons. The molecule has 0 heterocycles. The van der Waals surface area contributed by atoms with E-state index in [4.69, 9.17) is 4.74 Å². The third kappa shape index (κ3) is 2.61. The Morgan fingerprint density at radius 1 is 1.00 bits per heavy atom. The molecule has 0 atom stereocenters. The van der Waals surface area contributed by atoms with Crippen molar-refractivity contribution in [3.05, 3.63) is 29.8 Å². The maximum Gasteiger partial charge on any atom is 0.118 e. The minimum absolute atomic E-state index is 0.604. The average molecular weight is 236 g/mol. The summed E-state index contributed by atoms with van der Waals surface area (Å²) in [6, 6.07) is 7.53. The van der Waals surface area contributed by atoms with Crippen molar-refractivity contribution in [2.45, 2.75) is 43.8 Å². The minimum Gasteiger partial charge on any atom is -0.497 e. The van der Waals surface area contributed by atoms with Crippen molar-refractivity contribution in [2.24, 2.45) is 0 Å². The first-order valence-corrected chi connectivity index (χ1v) is 6.05. The molecule has 0 amide bonds.